The minimum Gasteiger partial charge on any atom is -0.362 e. The molecule has 5 nitrogen and oxygen atoms in total. The van der Waals surface area contributed by atoms with Gasteiger partial charge in [0.25, 0.3) is 5.56 Å². The van der Waals surface area contributed by atoms with Gasteiger partial charge in [-0.3, -0.25) is 4.79 Å². The highest BCUT2D eigenvalue weighted by Gasteiger charge is 2.08. The van der Waals surface area contributed by atoms with Crippen LogP contribution in [0.15, 0.2) is 22.3 Å². The van der Waals surface area contributed by atoms with Crippen molar-refractivity contribution in [3.63, 3.8) is 0 Å². The molecule has 21 heavy (non-hydrogen) atoms. The first-order chi connectivity index (χ1) is 10.1. The molecule has 2 aromatic rings. The van der Waals surface area contributed by atoms with E-state index in [0.717, 1.165) is 35.9 Å². The van der Waals surface area contributed by atoms with Crippen LogP contribution in [0.4, 0.5) is 5.13 Å². The zero-order valence-electron chi connectivity index (χ0n) is 12.8. The fraction of sp³-hybridized carbons (Fsp3) is 0.533. The summed E-state index contributed by atoms with van der Waals surface area (Å²) in [6.07, 6.45) is 2.29. The number of hydrogen-bond donors (Lipinski definition) is 1. The molecule has 0 aromatic carbocycles. The van der Waals surface area contributed by atoms with Crippen molar-refractivity contribution in [1.82, 2.24) is 14.8 Å². The van der Waals surface area contributed by atoms with Gasteiger partial charge in [-0.1, -0.05) is 27.2 Å². The molecule has 0 bridgehead atoms. The first-order valence-electron chi connectivity index (χ1n) is 7.38. The maximum atomic E-state index is 11.8. The Morgan fingerprint density at radius 2 is 2.14 bits per heavy atom. The van der Waals surface area contributed by atoms with Crippen LogP contribution in [0, 0.1) is 5.92 Å². The van der Waals surface area contributed by atoms with Crippen molar-refractivity contribution in [3.05, 3.63) is 27.9 Å². The molecular formula is C15H22N4OS. The number of anilines is 1. The lowest BCUT2D eigenvalue weighted by atomic mass is 10.2. The van der Waals surface area contributed by atoms with E-state index in [2.05, 4.69) is 36.2 Å². The summed E-state index contributed by atoms with van der Waals surface area (Å²) in [5.74, 6) is 0.382. The molecule has 0 aliphatic carbocycles. The van der Waals surface area contributed by atoms with Crippen LogP contribution < -0.4 is 10.9 Å². The van der Waals surface area contributed by atoms with Crippen molar-refractivity contribution in [3.8, 4) is 11.4 Å². The summed E-state index contributed by atoms with van der Waals surface area (Å²) in [7, 11) is 0. The third-order valence-electron chi connectivity index (χ3n) is 2.98. The molecule has 0 aliphatic rings. The topological polar surface area (TPSA) is 59.8 Å². The average Bonchev–Trinajstić information content (AvgIpc) is 2.90. The summed E-state index contributed by atoms with van der Waals surface area (Å²) in [6, 6.07) is 3.30. The van der Waals surface area contributed by atoms with E-state index in [1.54, 1.807) is 23.5 Å². The highest BCUT2D eigenvalue weighted by atomic mass is 32.1. The van der Waals surface area contributed by atoms with Gasteiger partial charge in [0.05, 0.1) is 0 Å². The van der Waals surface area contributed by atoms with Gasteiger partial charge in [-0.2, -0.15) is 5.10 Å². The Bertz CT molecular complexity index is 633. The molecule has 0 aliphatic heterocycles. The molecular weight excluding hydrogens is 284 g/mol. The zero-order valence-corrected chi connectivity index (χ0v) is 13.6. The van der Waals surface area contributed by atoms with Crippen molar-refractivity contribution in [2.75, 3.05) is 11.9 Å². The summed E-state index contributed by atoms with van der Waals surface area (Å²) < 4.78 is 1.52. The second kappa shape index (κ2) is 7.36. The van der Waals surface area contributed by atoms with E-state index in [9.17, 15) is 4.79 Å². The fourth-order valence-electron chi connectivity index (χ4n) is 1.91. The third kappa shape index (κ3) is 4.39. The summed E-state index contributed by atoms with van der Waals surface area (Å²) >= 11 is 1.57. The van der Waals surface area contributed by atoms with Crippen molar-refractivity contribution in [1.29, 1.82) is 0 Å². The average molecular weight is 306 g/mol. The maximum Gasteiger partial charge on any atom is 0.266 e. The number of nitrogens with one attached hydrogen (secondary N) is 1. The highest BCUT2D eigenvalue weighted by molar-refractivity contribution is 7.14. The van der Waals surface area contributed by atoms with Gasteiger partial charge in [0, 0.05) is 24.5 Å². The number of nitrogens with zero attached hydrogens (tertiary/aromatic N) is 3. The molecule has 2 rings (SSSR count). The van der Waals surface area contributed by atoms with E-state index in [1.165, 1.54) is 4.68 Å². The van der Waals surface area contributed by atoms with E-state index in [-0.39, 0.29) is 5.56 Å². The Balaban J connectivity index is 2.16. The molecule has 0 saturated heterocycles. The molecule has 2 heterocycles. The number of thiazole rings is 1. The highest BCUT2D eigenvalue weighted by Crippen LogP contribution is 2.22. The van der Waals surface area contributed by atoms with Crippen molar-refractivity contribution in [2.24, 2.45) is 5.92 Å². The van der Waals surface area contributed by atoms with Crippen LogP contribution in [0.5, 0.6) is 0 Å². The van der Waals surface area contributed by atoms with Crippen molar-refractivity contribution < 1.29 is 0 Å². The van der Waals surface area contributed by atoms with E-state index < -0.39 is 0 Å². The minimum atomic E-state index is -0.0658. The lowest BCUT2D eigenvalue weighted by molar-refractivity contribution is 0.465. The quantitative estimate of drug-likeness (QED) is 0.798. The summed E-state index contributed by atoms with van der Waals surface area (Å²) in [6.45, 7) is 7.86. The predicted octanol–water partition coefficient (Wildman–Crippen LogP) is 3.23. The smallest absolute Gasteiger partial charge is 0.266 e. The molecule has 0 atom stereocenters. The summed E-state index contributed by atoms with van der Waals surface area (Å²) in [5.41, 5.74) is 1.50. The Hall–Kier alpha value is -1.69. The SMILES string of the molecule is CCCCNc1nc(-c2ccc(=O)n(CC(C)C)n2)cs1. The number of hydrogen-bond acceptors (Lipinski definition) is 5. The molecule has 0 amide bonds. The Kier molecular flexibility index (Phi) is 5.50. The largest absolute Gasteiger partial charge is 0.362 e. The van der Waals surface area contributed by atoms with Crippen molar-refractivity contribution >= 4 is 16.5 Å². The van der Waals surface area contributed by atoms with Gasteiger partial charge in [-0.25, -0.2) is 9.67 Å². The molecule has 1 N–H and O–H groups in total. The molecule has 6 heteroatoms. The molecule has 114 valence electrons. The summed E-state index contributed by atoms with van der Waals surface area (Å²) in [5, 5.41) is 10.6. The number of aromatic nitrogens is 3. The molecule has 0 unspecified atom stereocenters. The Morgan fingerprint density at radius 3 is 2.86 bits per heavy atom. The number of unbranched alkanes of at least 4 members (excludes halogenated alkanes) is 1. The summed E-state index contributed by atoms with van der Waals surface area (Å²) in [4.78, 5) is 16.3. The lowest BCUT2D eigenvalue weighted by Crippen LogP contribution is -2.24. The van der Waals surface area contributed by atoms with Crippen molar-refractivity contribution in [2.45, 2.75) is 40.2 Å². The maximum absolute atomic E-state index is 11.8. The normalized spacial score (nSPS) is 11.0. The monoisotopic (exact) mass is 306 g/mol. The van der Waals surface area contributed by atoms with Gasteiger partial charge >= 0.3 is 0 Å². The van der Waals surface area contributed by atoms with E-state index in [1.807, 2.05) is 5.38 Å². The van der Waals surface area contributed by atoms with Crippen LogP contribution in [0.1, 0.15) is 33.6 Å². The van der Waals surface area contributed by atoms with E-state index in [4.69, 9.17) is 0 Å². The van der Waals surface area contributed by atoms with Gasteiger partial charge in [0.15, 0.2) is 5.13 Å². The third-order valence-corrected chi connectivity index (χ3v) is 3.78. The van der Waals surface area contributed by atoms with Crippen LogP contribution in [0.25, 0.3) is 11.4 Å². The van der Waals surface area contributed by atoms with Gasteiger partial charge in [0.2, 0.25) is 0 Å². The number of rotatable bonds is 7. The van der Waals surface area contributed by atoms with E-state index in [0.29, 0.717) is 12.5 Å². The van der Waals surface area contributed by atoms with Gasteiger partial charge in [-0.05, 0) is 18.4 Å². The van der Waals surface area contributed by atoms with Gasteiger partial charge < -0.3 is 5.32 Å². The molecule has 0 saturated carbocycles. The fourth-order valence-corrected chi connectivity index (χ4v) is 2.64. The van der Waals surface area contributed by atoms with E-state index >= 15 is 0 Å². The first-order valence-corrected chi connectivity index (χ1v) is 8.26. The van der Waals surface area contributed by atoms with Crippen LogP contribution in [-0.2, 0) is 6.54 Å². The van der Waals surface area contributed by atoms with Gasteiger partial charge in [0.1, 0.15) is 11.4 Å². The zero-order chi connectivity index (χ0) is 15.2. The standard InChI is InChI=1S/C15H22N4OS/c1-4-5-8-16-15-17-13(10-21-15)12-6-7-14(20)19(18-12)9-11(2)3/h6-7,10-11H,4-5,8-9H2,1-3H3,(H,16,17). The Labute approximate surface area is 129 Å². The van der Waals surface area contributed by atoms with Crippen LogP contribution in [-0.4, -0.2) is 21.3 Å². The molecule has 0 spiro atoms. The first kappa shape index (κ1) is 15.7. The van der Waals surface area contributed by atoms with Crippen LogP contribution in [0.3, 0.4) is 0 Å². The Morgan fingerprint density at radius 1 is 1.33 bits per heavy atom. The predicted molar refractivity (Wildman–Crippen MR) is 87.8 cm³/mol. The second-order valence-corrected chi connectivity index (χ2v) is 6.31. The lowest BCUT2D eigenvalue weighted by Gasteiger charge is -2.08. The van der Waals surface area contributed by atoms with Gasteiger partial charge in [-0.15, -0.1) is 11.3 Å². The van der Waals surface area contributed by atoms with Crippen LogP contribution in [0.2, 0.25) is 0 Å². The second-order valence-electron chi connectivity index (χ2n) is 5.45. The van der Waals surface area contributed by atoms with Crippen LogP contribution >= 0.6 is 11.3 Å². The minimum absolute atomic E-state index is 0.0658. The molecule has 2 aromatic heterocycles. The molecule has 0 fully saturated rings. The molecule has 0 radical (unpaired) electrons.